The summed E-state index contributed by atoms with van der Waals surface area (Å²) in [5, 5.41) is 3.01. The number of halogens is 2. The van der Waals surface area contributed by atoms with Crippen LogP contribution in [0.4, 0.5) is 8.78 Å². The molecule has 0 saturated heterocycles. The fourth-order valence-corrected chi connectivity index (χ4v) is 1.75. The number of benzene rings is 2. The smallest absolute Gasteiger partial charge is 0.165 e. The SMILES string of the molecule is CNC(C)c1cc(F)ccc1Oc1ccccc1F. The zero-order chi connectivity index (χ0) is 13.8. The first-order valence-electron chi connectivity index (χ1n) is 6.01. The summed E-state index contributed by atoms with van der Waals surface area (Å²) >= 11 is 0. The highest BCUT2D eigenvalue weighted by atomic mass is 19.1. The largest absolute Gasteiger partial charge is 0.454 e. The van der Waals surface area contributed by atoms with E-state index < -0.39 is 5.82 Å². The monoisotopic (exact) mass is 263 g/mol. The van der Waals surface area contributed by atoms with Gasteiger partial charge in [-0.3, -0.25) is 0 Å². The summed E-state index contributed by atoms with van der Waals surface area (Å²) in [5.41, 5.74) is 0.644. The lowest BCUT2D eigenvalue weighted by Gasteiger charge is -2.16. The molecule has 0 saturated carbocycles. The minimum Gasteiger partial charge on any atom is -0.454 e. The van der Waals surface area contributed by atoms with Crippen LogP contribution >= 0.6 is 0 Å². The molecule has 0 amide bonds. The molecule has 0 radical (unpaired) electrons. The van der Waals surface area contributed by atoms with E-state index in [0.717, 1.165) is 0 Å². The molecule has 0 bridgehead atoms. The molecule has 2 aromatic carbocycles. The molecule has 0 aromatic heterocycles. The molecule has 2 rings (SSSR count). The number of para-hydroxylation sites is 1. The van der Waals surface area contributed by atoms with Gasteiger partial charge in [-0.05, 0) is 44.3 Å². The van der Waals surface area contributed by atoms with E-state index >= 15 is 0 Å². The molecule has 2 aromatic rings. The van der Waals surface area contributed by atoms with Gasteiger partial charge >= 0.3 is 0 Å². The predicted octanol–water partition coefficient (Wildman–Crippen LogP) is 4.04. The average molecular weight is 263 g/mol. The molecule has 1 unspecified atom stereocenters. The van der Waals surface area contributed by atoms with Crippen molar-refractivity contribution in [2.24, 2.45) is 0 Å². The van der Waals surface area contributed by atoms with Crippen molar-refractivity contribution in [3.63, 3.8) is 0 Å². The molecular formula is C15H15F2NO. The molecule has 100 valence electrons. The predicted molar refractivity (Wildman–Crippen MR) is 70.3 cm³/mol. The Morgan fingerprint density at radius 1 is 1.05 bits per heavy atom. The van der Waals surface area contributed by atoms with Gasteiger partial charge in [0.2, 0.25) is 0 Å². The molecule has 4 heteroatoms. The summed E-state index contributed by atoms with van der Waals surface area (Å²) in [5.74, 6) is -0.236. The van der Waals surface area contributed by atoms with Crippen LogP contribution in [0.5, 0.6) is 11.5 Å². The third kappa shape index (κ3) is 3.09. The Morgan fingerprint density at radius 3 is 2.47 bits per heavy atom. The van der Waals surface area contributed by atoms with Gasteiger partial charge in [0, 0.05) is 11.6 Å². The number of hydrogen-bond donors (Lipinski definition) is 1. The van der Waals surface area contributed by atoms with Gasteiger partial charge < -0.3 is 10.1 Å². The zero-order valence-corrected chi connectivity index (χ0v) is 10.8. The van der Waals surface area contributed by atoms with Crippen LogP contribution in [0, 0.1) is 11.6 Å². The maximum absolute atomic E-state index is 13.6. The summed E-state index contributed by atoms with van der Waals surface area (Å²) in [4.78, 5) is 0. The van der Waals surface area contributed by atoms with Gasteiger partial charge in [-0.25, -0.2) is 8.78 Å². The van der Waals surface area contributed by atoms with Crippen LogP contribution in [-0.4, -0.2) is 7.05 Å². The van der Waals surface area contributed by atoms with E-state index in [4.69, 9.17) is 4.74 Å². The second-order valence-corrected chi connectivity index (χ2v) is 4.22. The molecule has 2 nitrogen and oxygen atoms in total. The van der Waals surface area contributed by atoms with Crippen LogP contribution < -0.4 is 10.1 Å². The maximum Gasteiger partial charge on any atom is 0.165 e. The normalized spacial score (nSPS) is 12.2. The second-order valence-electron chi connectivity index (χ2n) is 4.22. The van der Waals surface area contributed by atoms with Gasteiger partial charge in [-0.2, -0.15) is 0 Å². The Kier molecular flexibility index (Phi) is 4.12. The van der Waals surface area contributed by atoms with Gasteiger partial charge in [0.25, 0.3) is 0 Å². The fourth-order valence-electron chi connectivity index (χ4n) is 1.75. The Bertz CT molecular complexity index is 572. The Labute approximate surface area is 111 Å². The van der Waals surface area contributed by atoms with Crippen molar-refractivity contribution in [3.05, 3.63) is 59.7 Å². The van der Waals surface area contributed by atoms with E-state index in [9.17, 15) is 8.78 Å². The van der Waals surface area contributed by atoms with Gasteiger partial charge in [-0.1, -0.05) is 12.1 Å². The molecule has 0 aliphatic carbocycles. The van der Waals surface area contributed by atoms with E-state index in [1.54, 1.807) is 19.2 Å². The lowest BCUT2D eigenvalue weighted by atomic mass is 10.1. The van der Waals surface area contributed by atoms with Gasteiger partial charge in [-0.15, -0.1) is 0 Å². The van der Waals surface area contributed by atoms with Crippen LogP contribution in [-0.2, 0) is 0 Å². The van der Waals surface area contributed by atoms with Crippen molar-refractivity contribution in [1.29, 1.82) is 0 Å². The van der Waals surface area contributed by atoms with Gasteiger partial charge in [0.1, 0.15) is 11.6 Å². The lowest BCUT2D eigenvalue weighted by Crippen LogP contribution is -2.13. The minimum atomic E-state index is -0.449. The Hall–Kier alpha value is -1.94. The van der Waals surface area contributed by atoms with E-state index in [0.29, 0.717) is 11.3 Å². The van der Waals surface area contributed by atoms with Crippen molar-refractivity contribution in [2.45, 2.75) is 13.0 Å². The fraction of sp³-hybridized carbons (Fsp3) is 0.200. The maximum atomic E-state index is 13.6. The minimum absolute atomic E-state index is 0.0996. The van der Waals surface area contributed by atoms with Crippen LogP contribution in [0.2, 0.25) is 0 Å². The van der Waals surface area contributed by atoms with Crippen LogP contribution in [0.1, 0.15) is 18.5 Å². The molecule has 0 aliphatic rings. The van der Waals surface area contributed by atoms with E-state index in [1.807, 2.05) is 6.92 Å². The molecule has 0 fully saturated rings. The Balaban J connectivity index is 2.37. The van der Waals surface area contributed by atoms with E-state index in [2.05, 4.69) is 5.32 Å². The lowest BCUT2D eigenvalue weighted by molar-refractivity contribution is 0.430. The third-order valence-corrected chi connectivity index (χ3v) is 2.93. The molecule has 0 aliphatic heterocycles. The topological polar surface area (TPSA) is 21.3 Å². The van der Waals surface area contributed by atoms with Crippen LogP contribution in [0.3, 0.4) is 0 Å². The number of hydrogen-bond acceptors (Lipinski definition) is 2. The first-order valence-corrected chi connectivity index (χ1v) is 6.01. The van der Waals surface area contributed by atoms with Crippen molar-refractivity contribution in [1.82, 2.24) is 5.32 Å². The third-order valence-electron chi connectivity index (χ3n) is 2.93. The number of rotatable bonds is 4. The summed E-state index contributed by atoms with van der Waals surface area (Å²) in [7, 11) is 1.77. The molecule has 1 atom stereocenters. The summed E-state index contributed by atoms with van der Waals surface area (Å²) in [6.45, 7) is 1.88. The summed E-state index contributed by atoms with van der Waals surface area (Å²) in [6, 6.07) is 10.2. The first kappa shape index (κ1) is 13.5. The van der Waals surface area contributed by atoms with Crippen LogP contribution in [0.25, 0.3) is 0 Å². The van der Waals surface area contributed by atoms with E-state index in [-0.39, 0.29) is 17.6 Å². The van der Waals surface area contributed by atoms with E-state index in [1.165, 1.54) is 30.3 Å². The highest BCUT2D eigenvalue weighted by molar-refractivity contribution is 5.40. The molecule has 1 N–H and O–H groups in total. The molecule has 19 heavy (non-hydrogen) atoms. The van der Waals surface area contributed by atoms with Crippen molar-refractivity contribution >= 4 is 0 Å². The highest BCUT2D eigenvalue weighted by Crippen LogP contribution is 2.31. The number of ether oxygens (including phenoxy) is 1. The van der Waals surface area contributed by atoms with Gasteiger partial charge in [0.15, 0.2) is 11.6 Å². The molecular weight excluding hydrogens is 248 g/mol. The molecule has 0 heterocycles. The standard InChI is InChI=1S/C15H15F2NO/c1-10(18-2)12-9-11(16)7-8-14(12)19-15-6-4-3-5-13(15)17/h3-10,18H,1-2H3. The molecule has 0 spiro atoms. The van der Waals surface area contributed by atoms with Crippen molar-refractivity contribution in [2.75, 3.05) is 7.05 Å². The van der Waals surface area contributed by atoms with Gasteiger partial charge in [0.05, 0.1) is 0 Å². The summed E-state index contributed by atoms with van der Waals surface area (Å²) in [6.07, 6.45) is 0. The quantitative estimate of drug-likeness (QED) is 0.899. The highest BCUT2D eigenvalue weighted by Gasteiger charge is 2.13. The zero-order valence-electron chi connectivity index (χ0n) is 10.8. The van der Waals surface area contributed by atoms with Crippen molar-refractivity contribution in [3.8, 4) is 11.5 Å². The summed E-state index contributed by atoms with van der Waals surface area (Å²) < 4.78 is 32.4. The average Bonchev–Trinajstić information content (AvgIpc) is 2.42. The first-order chi connectivity index (χ1) is 9.11. The van der Waals surface area contributed by atoms with Crippen LogP contribution in [0.15, 0.2) is 42.5 Å². The number of nitrogens with one attached hydrogen (secondary N) is 1. The Morgan fingerprint density at radius 2 is 1.79 bits per heavy atom. The van der Waals surface area contributed by atoms with Crippen molar-refractivity contribution < 1.29 is 13.5 Å². The second kappa shape index (κ2) is 5.80.